The molecule has 0 aliphatic carbocycles. The Morgan fingerprint density at radius 1 is 1.27 bits per heavy atom. The van der Waals surface area contributed by atoms with Gasteiger partial charge in [-0.05, 0) is 72.5 Å². The normalized spacial score (nSPS) is 18.6. The lowest BCUT2D eigenvalue weighted by atomic mass is 9.75. The number of pyridine rings is 1. The second kappa shape index (κ2) is 15.1. The average molecular weight is 701 g/mol. The third kappa shape index (κ3) is 8.34. The minimum absolute atomic E-state index is 0.0194. The number of anilines is 2. The zero-order valence-electron chi connectivity index (χ0n) is 27.6. The first-order valence-corrected chi connectivity index (χ1v) is 17.1. The number of carboxylic acid groups (broad SMARTS) is 1. The number of amides is 1. The molecule has 3 aliphatic heterocycles. The lowest BCUT2D eigenvalue weighted by Crippen LogP contribution is -2.49. The van der Waals surface area contributed by atoms with Gasteiger partial charge in [0.05, 0.1) is 32.2 Å². The molecule has 2 N–H and O–H groups in total. The molecule has 0 unspecified atom stereocenters. The van der Waals surface area contributed by atoms with Gasteiger partial charge in [0.25, 0.3) is 5.91 Å². The Morgan fingerprint density at radius 3 is 2.61 bits per heavy atom. The zero-order chi connectivity index (χ0) is 35.3. The van der Waals surface area contributed by atoms with Crippen molar-refractivity contribution in [3.05, 3.63) is 58.7 Å². The Labute approximate surface area is 286 Å². The predicted molar refractivity (Wildman–Crippen MR) is 176 cm³/mol. The molecule has 1 amide bonds. The van der Waals surface area contributed by atoms with Gasteiger partial charge >= 0.3 is 12.1 Å². The third-order valence-corrected chi connectivity index (χ3v) is 9.78. The van der Waals surface area contributed by atoms with Crippen molar-refractivity contribution in [2.75, 3.05) is 49.3 Å². The highest BCUT2D eigenvalue weighted by molar-refractivity contribution is 7.98. The molecule has 49 heavy (non-hydrogen) atoms. The maximum absolute atomic E-state index is 14.0. The van der Waals surface area contributed by atoms with E-state index in [1.807, 2.05) is 23.7 Å². The summed E-state index contributed by atoms with van der Waals surface area (Å²) in [6, 6.07) is 10.6. The number of alkyl halides is 3. The number of carbonyl (C=O) groups excluding carboxylic acids is 1. The van der Waals surface area contributed by atoms with Crippen molar-refractivity contribution in [2.45, 2.75) is 62.2 Å². The number of rotatable bonds is 10. The van der Waals surface area contributed by atoms with Crippen LogP contribution in [0.3, 0.4) is 0 Å². The largest absolute Gasteiger partial charge is 0.490 e. The maximum atomic E-state index is 14.0. The number of piperidine rings is 1. The van der Waals surface area contributed by atoms with Crippen LogP contribution in [0.5, 0.6) is 0 Å². The van der Waals surface area contributed by atoms with Crippen molar-refractivity contribution < 1.29 is 32.6 Å². The van der Waals surface area contributed by atoms with Gasteiger partial charge in [-0.25, -0.2) is 9.78 Å². The highest BCUT2D eigenvalue weighted by Gasteiger charge is 2.43. The first-order valence-electron chi connectivity index (χ1n) is 15.9. The predicted octanol–water partition coefficient (Wildman–Crippen LogP) is 4.79. The van der Waals surface area contributed by atoms with E-state index in [4.69, 9.17) is 24.9 Å². The third-order valence-electron chi connectivity index (χ3n) is 8.97. The van der Waals surface area contributed by atoms with E-state index < -0.39 is 12.1 Å². The molecule has 262 valence electrons. The van der Waals surface area contributed by atoms with Crippen molar-refractivity contribution in [1.29, 1.82) is 5.26 Å². The summed E-state index contributed by atoms with van der Waals surface area (Å²) in [6.07, 6.45) is 2.24. The van der Waals surface area contributed by atoms with Gasteiger partial charge in [0, 0.05) is 49.0 Å². The Morgan fingerprint density at radius 2 is 2.02 bits per heavy atom. The quantitative estimate of drug-likeness (QED) is 0.222. The number of thioether (sulfide) groups is 1. The van der Waals surface area contributed by atoms with E-state index in [1.54, 1.807) is 23.0 Å². The average Bonchev–Trinajstić information content (AvgIpc) is 3.60. The van der Waals surface area contributed by atoms with E-state index in [1.165, 1.54) is 18.4 Å². The fourth-order valence-electron chi connectivity index (χ4n) is 6.37. The fourth-order valence-corrected chi connectivity index (χ4v) is 7.06. The number of hydrogen-bond acceptors (Lipinski definition) is 10. The van der Waals surface area contributed by atoms with Crippen LogP contribution in [-0.2, 0) is 41.5 Å². The summed E-state index contributed by atoms with van der Waals surface area (Å²) in [5.41, 5.74) is 3.76. The number of halogens is 3. The second-order valence-electron chi connectivity index (χ2n) is 12.7. The number of aromatic nitrogens is 4. The highest BCUT2D eigenvalue weighted by Crippen LogP contribution is 2.40. The molecule has 0 saturated carbocycles. The summed E-state index contributed by atoms with van der Waals surface area (Å²) in [6.45, 7) is 7.44. The summed E-state index contributed by atoms with van der Waals surface area (Å²) >= 11 is 1.70. The summed E-state index contributed by atoms with van der Waals surface area (Å²) in [4.78, 5) is 33.3. The maximum Gasteiger partial charge on any atom is 0.490 e. The lowest BCUT2D eigenvalue weighted by molar-refractivity contribution is -0.192. The van der Waals surface area contributed by atoms with Crippen molar-refractivity contribution in [1.82, 2.24) is 24.6 Å². The molecule has 16 heteroatoms. The van der Waals surface area contributed by atoms with Crippen LogP contribution < -0.4 is 10.2 Å². The number of nitrogens with one attached hydrogen (secondary N) is 1. The topological polar surface area (TPSA) is 150 Å². The Hall–Kier alpha value is -4.20. The number of ether oxygens (including phenoxy) is 1. The molecule has 0 radical (unpaired) electrons. The van der Waals surface area contributed by atoms with Gasteiger partial charge in [-0.1, -0.05) is 6.92 Å². The molecular formula is C33H39F3N8O4S. The van der Waals surface area contributed by atoms with Gasteiger partial charge in [0.1, 0.15) is 23.8 Å². The Kier molecular flexibility index (Phi) is 11.2. The summed E-state index contributed by atoms with van der Waals surface area (Å²) in [7, 11) is 1.94. The molecule has 2 saturated heterocycles. The van der Waals surface area contributed by atoms with Gasteiger partial charge in [-0.15, -0.1) is 22.0 Å². The van der Waals surface area contributed by atoms with Crippen molar-refractivity contribution in [3.8, 4) is 6.07 Å². The molecular weight excluding hydrogens is 661 g/mol. The van der Waals surface area contributed by atoms with E-state index in [2.05, 4.69) is 51.8 Å². The van der Waals surface area contributed by atoms with Crippen molar-refractivity contribution in [2.24, 2.45) is 13.0 Å². The Bertz CT molecular complexity index is 1720. The number of benzene rings is 1. The molecule has 1 atom stereocenters. The van der Waals surface area contributed by atoms with Gasteiger partial charge in [0.2, 0.25) is 0 Å². The van der Waals surface area contributed by atoms with Crippen molar-refractivity contribution >= 4 is 35.3 Å². The molecule has 12 nitrogen and oxygen atoms in total. The number of nitriles is 1. The van der Waals surface area contributed by atoms with Crippen molar-refractivity contribution in [3.63, 3.8) is 0 Å². The minimum atomic E-state index is -5.08. The number of carboxylic acids is 1. The first kappa shape index (κ1) is 36.1. The minimum Gasteiger partial charge on any atom is -0.475 e. The smallest absolute Gasteiger partial charge is 0.475 e. The standard InChI is InChI=1S/C31H38N8O2S.C2HF3O2/c1-21-6-4-9-38(15-21)16-22-10-24-25(26(11-22)42-3)17-39(30(24)40)28-13-23(12-27(35-28)33-8-5-7-32)31(18-41-19-31)14-29-36-34-20-37(29)2;3-2(4,5)1(6)7/h10-13,20-21H,4-6,8-9,14-19H2,1-3H3,(H,33,35);(H,6,7)/t21-;/m0./s1. The second-order valence-corrected chi connectivity index (χ2v) is 13.6. The molecule has 3 aromatic rings. The highest BCUT2D eigenvalue weighted by atomic mass is 32.2. The van der Waals surface area contributed by atoms with Crippen LogP contribution in [0.2, 0.25) is 0 Å². The Balaban J connectivity index is 0.000000606. The number of aryl methyl sites for hydroxylation is 1. The fraction of sp³-hybridized carbons (Fsp3) is 0.515. The molecule has 5 heterocycles. The van der Waals surface area contributed by atoms with Gasteiger partial charge in [-0.3, -0.25) is 14.6 Å². The molecule has 2 aromatic heterocycles. The van der Waals surface area contributed by atoms with E-state index in [9.17, 15) is 18.0 Å². The van der Waals surface area contributed by atoms with Crippen LogP contribution in [0.1, 0.15) is 59.1 Å². The van der Waals surface area contributed by atoms with E-state index in [0.29, 0.717) is 56.7 Å². The number of fused-ring (bicyclic) bond motifs is 1. The number of aliphatic carboxylic acids is 1. The van der Waals surface area contributed by atoms with Crippen LogP contribution >= 0.6 is 11.8 Å². The lowest BCUT2D eigenvalue weighted by Gasteiger charge is -2.42. The number of nitrogens with zero attached hydrogens (tertiary/aromatic N) is 7. The van der Waals surface area contributed by atoms with Crippen LogP contribution in [0, 0.1) is 17.2 Å². The molecule has 3 aliphatic rings. The van der Waals surface area contributed by atoms with Gasteiger partial charge < -0.3 is 19.7 Å². The molecule has 0 bridgehead atoms. The molecule has 1 aromatic carbocycles. The van der Waals surface area contributed by atoms with Gasteiger partial charge in [0.15, 0.2) is 0 Å². The molecule has 0 spiro atoms. The number of hydrogen-bond donors (Lipinski definition) is 2. The first-order chi connectivity index (χ1) is 23.3. The SMILES string of the molecule is CSc1cc(CN2CCC[C@H](C)C2)cc2c1CN(c1cc(C3(Cc4nncn4C)COC3)cc(NCCC#N)n1)C2=O.O=C(O)C(F)(F)F. The summed E-state index contributed by atoms with van der Waals surface area (Å²) in [5, 5.41) is 27.9. The van der Waals surface area contributed by atoms with E-state index in [0.717, 1.165) is 47.0 Å². The monoisotopic (exact) mass is 700 g/mol. The zero-order valence-corrected chi connectivity index (χ0v) is 28.4. The van der Waals surface area contributed by atoms with E-state index >= 15 is 0 Å². The van der Waals surface area contributed by atoms with Crippen LogP contribution in [0.4, 0.5) is 24.8 Å². The number of likely N-dealkylation sites (tertiary alicyclic amines) is 1. The van der Waals surface area contributed by atoms with E-state index in [-0.39, 0.29) is 11.3 Å². The van der Waals surface area contributed by atoms with Crippen LogP contribution in [-0.4, -0.2) is 86.9 Å². The summed E-state index contributed by atoms with van der Waals surface area (Å²) < 4.78 is 39.4. The summed E-state index contributed by atoms with van der Waals surface area (Å²) in [5.74, 6) is 0.0614. The molecule has 2 fully saturated rings. The van der Waals surface area contributed by atoms with Crippen LogP contribution in [0.15, 0.2) is 35.5 Å². The molecule has 6 rings (SSSR count). The van der Waals surface area contributed by atoms with Gasteiger partial charge in [-0.2, -0.15) is 18.4 Å². The van der Waals surface area contributed by atoms with Crippen LogP contribution in [0.25, 0.3) is 0 Å². The number of carbonyl (C=O) groups is 2.